The number of carbonyl (C=O) groups excluding carboxylic acids is 1. The Bertz CT molecular complexity index is 682. The van der Waals surface area contributed by atoms with E-state index in [0.717, 1.165) is 23.3 Å². The normalized spacial score (nSPS) is 14.1. The van der Waals surface area contributed by atoms with Gasteiger partial charge in [0, 0.05) is 11.4 Å². The summed E-state index contributed by atoms with van der Waals surface area (Å²) in [5.74, 6) is 0.0261. The fourth-order valence-corrected chi connectivity index (χ4v) is 2.56. The molecule has 2 aromatic rings. The second-order valence-corrected chi connectivity index (χ2v) is 5.42. The highest BCUT2D eigenvalue weighted by molar-refractivity contribution is 6.31. The molecule has 4 heteroatoms. The van der Waals surface area contributed by atoms with Crippen LogP contribution in [0.4, 0.5) is 0 Å². The standard InChI is InChI=1S/C17H15ClN2O/c18-15-8-4-7-14(12-15)16-9-10-20(19-16)17(21)11-13-5-2-1-3-6-13/h1-8,12H,9-11H2. The van der Waals surface area contributed by atoms with Crippen LogP contribution in [0, 0.1) is 0 Å². The van der Waals surface area contributed by atoms with Gasteiger partial charge < -0.3 is 0 Å². The molecule has 0 saturated heterocycles. The van der Waals surface area contributed by atoms with Crippen molar-refractivity contribution in [2.45, 2.75) is 12.8 Å². The van der Waals surface area contributed by atoms with E-state index in [9.17, 15) is 4.79 Å². The predicted molar refractivity (Wildman–Crippen MR) is 84.5 cm³/mol. The molecular weight excluding hydrogens is 284 g/mol. The largest absolute Gasteiger partial charge is 0.273 e. The average molecular weight is 299 g/mol. The number of hydrogen-bond donors (Lipinski definition) is 0. The van der Waals surface area contributed by atoms with Crippen molar-refractivity contribution in [3.8, 4) is 0 Å². The molecular formula is C17H15ClN2O. The quantitative estimate of drug-likeness (QED) is 0.853. The smallest absolute Gasteiger partial charge is 0.247 e. The second-order valence-electron chi connectivity index (χ2n) is 4.99. The molecule has 21 heavy (non-hydrogen) atoms. The number of carbonyl (C=O) groups is 1. The molecule has 1 aliphatic rings. The van der Waals surface area contributed by atoms with Crippen LogP contribution in [0.2, 0.25) is 5.02 Å². The molecule has 106 valence electrons. The van der Waals surface area contributed by atoms with E-state index in [-0.39, 0.29) is 5.91 Å². The van der Waals surface area contributed by atoms with Crippen LogP contribution in [0.1, 0.15) is 17.5 Å². The molecule has 0 atom stereocenters. The van der Waals surface area contributed by atoms with Crippen LogP contribution in [-0.2, 0) is 11.2 Å². The second kappa shape index (κ2) is 6.10. The Morgan fingerprint density at radius 2 is 1.95 bits per heavy atom. The summed E-state index contributed by atoms with van der Waals surface area (Å²) in [6.07, 6.45) is 1.15. The first kappa shape index (κ1) is 13.8. The molecule has 0 aliphatic carbocycles. The summed E-state index contributed by atoms with van der Waals surface area (Å²) in [4.78, 5) is 12.3. The lowest BCUT2D eigenvalue weighted by molar-refractivity contribution is -0.130. The number of rotatable bonds is 3. The minimum Gasteiger partial charge on any atom is -0.273 e. The van der Waals surface area contributed by atoms with E-state index in [1.165, 1.54) is 0 Å². The fourth-order valence-electron chi connectivity index (χ4n) is 2.37. The molecule has 1 heterocycles. The summed E-state index contributed by atoms with van der Waals surface area (Å²) in [7, 11) is 0. The van der Waals surface area contributed by atoms with Gasteiger partial charge >= 0.3 is 0 Å². The number of hydrazone groups is 1. The zero-order valence-electron chi connectivity index (χ0n) is 11.5. The average Bonchev–Trinajstić information content (AvgIpc) is 2.98. The molecule has 2 aromatic carbocycles. The highest BCUT2D eigenvalue weighted by Gasteiger charge is 2.21. The highest BCUT2D eigenvalue weighted by Crippen LogP contribution is 2.18. The third-order valence-electron chi connectivity index (χ3n) is 3.45. The maximum absolute atomic E-state index is 12.3. The molecule has 0 spiro atoms. The predicted octanol–water partition coefficient (Wildman–Crippen LogP) is 3.52. The summed E-state index contributed by atoms with van der Waals surface area (Å²) >= 11 is 5.99. The maximum atomic E-state index is 12.3. The molecule has 0 saturated carbocycles. The molecule has 0 aromatic heterocycles. The van der Waals surface area contributed by atoms with E-state index >= 15 is 0 Å². The van der Waals surface area contributed by atoms with Crippen LogP contribution in [0.5, 0.6) is 0 Å². The van der Waals surface area contributed by atoms with Crippen LogP contribution >= 0.6 is 11.6 Å². The Morgan fingerprint density at radius 3 is 2.71 bits per heavy atom. The minimum absolute atomic E-state index is 0.0261. The molecule has 3 nitrogen and oxygen atoms in total. The van der Waals surface area contributed by atoms with E-state index in [0.29, 0.717) is 18.0 Å². The molecule has 0 fully saturated rings. The summed E-state index contributed by atoms with van der Waals surface area (Å²) in [6.45, 7) is 0.632. The molecule has 3 rings (SSSR count). The Morgan fingerprint density at radius 1 is 1.14 bits per heavy atom. The monoisotopic (exact) mass is 298 g/mol. The van der Waals surface area contributed by atoms with Gasteiger partial charge in [-0.3, -0.25) is 4.79 Å². The lowest BCUT2D eigenvalue weighted by Crippen LogP contribution is -2.25. The van der Waals surface area contributed by atoms with Crippen molar-refractivity contribution in [2.75, 3.05) is 6.54 Å². The summed E-state index contributed by atoms with van der Waals surface area (Å²) in [6, 6.07) is 17.3. The van der Waals surface area contributed by atoms with Gasteiger partial charge in [-0.05, 0) is 23.3 Å². The van der Waals surface area contributed by atoms with Gasteiger partial charge in [0.25, 0.3) is 0 Å². The first-order valence-corrected chi connectivity index (χ1v) is 7.28. The molecule has 0 N–H and O–H groups in total. The van der Waals surface area contributed by atoms with Gasteiger partial charge in [-0.2, -0.15) is 5.10 Å². The zero-order chi connectivity index (χ0) is 14.7. The Balaban J connectivity index is 1.72. The highest BCUT2D eigenvalue weighted by atomic mass is 35.5. The number of hydrogen-bond acceptors (Lipinski definition) is 2. The van der Waals surface area contributed by atoms with E-state index in [1.54, 1.807) is 5.01 Å². The number of halogens is 1. The van der Waals surface area contributed by atoms with Crippen molar-refractivity contribution >= 4 is 23.2 Å². The summed E-state index contributed by atoms with van der Waals surface area (Å²) in [5, 5.41) is 6.68. The van der Waals surface area contributed by atoms with E-state index in [2.05, 4.69) is 5.10 Å². The minimum atomic E-state index is 0.0261. The Kier molecular flexibility index (Phi) is 4.02. The van der Waals surface area contributed by atoms with Crippen molar-refractivity contribution in [1.29, 1.82) is 0 Å². The van der Waals surface area contributed by atoms with E-state index in [4.69, 9.17) is 11.6 Å². The zero-order valence-corrected chi connectivity index (χ0v) is 12.3. The van der Waals surface area contributed by atoms with Gasteiger partial charge in [0.1, 0.15) is 0 Å². The molecule has 1 aliphatic heterocycles. The third-order valence-corrected chi connectivity index (χ3v) is 3.68. The Hall–Kier alpha value is -2.13. The topological polar surface area (TPSA) is 32.7 Å². The number of amides is 1. The third kappa shape index (κ3) is 3.31. The van der Waals surface area contributed by atoms with Crippen LogP contribution in [0.15, 0.2) is 59.7 Å². The van der Waals surface area contributed by atoms with Crippen molar-refractivity contribution in [3.05, 3.63) is 70.7 Å². The van der Waals surface area contributed by atoms with Gasteiger partial charge in [0.05, 0.1) is 18.7 Å². The van der Waals surface area contributed by atoms with Crippen LogP contribution in [0.3, 0.4) is 0 Å². The number of benzene rings is 2. The lowest BCUT2D eigenvalue weighted by Gasteiger charge is -2.11. The van der Waals surface area contributed by atoms with Crippen molar-refractivity contribution < 1.29 is 4.79 Å². The summed E-state index contributed by atoms with van der Waals surface area (Å²) in [5.41, 5.74) is 2.91. The molecule has 0 unspecified atom stereocenters. The van der Waals surface area contributed by atoms with Gasteiger partial charge in [-0.15, -0.1) is 0 Å². The lowest BCUT2D eigenvalue weighted by atomic mass is 10.1. The van der Waals surface area contributed by atoms with E-state index < -0.39 is 0 Å². The Labute approximate surface area is 128 Å². The first-order valence-electron chi connectivity index (χ1n) is 6.90. The van der Waals surface area contributed by atoms with Crippen LogP contribution in [-0.4, -0.2) is 23.2 Å². The SMILES string of the molecule is O=C(Cc1ccccc1)N1CCC(c2cccc(Cl)c2)=N1. The maximum Gasteiger partial charge on any atom is 0.247 e. The summed E-state index contributed by atoms with van der Waals surface area (Å²) < 4.78 is 0. The first-order chi connectivity index (χ1) is 10.2. The van der Waals surface area contributed by atoms with Crippen LogP contribution in [0.25, 0.3) is 0 Å². The van der Waals surface area contributed by atoms with Crippen molar-refractivity contribution in [3.63, 3.8) is 0 Å². The van der Waals surface area contributed by atoms with Gasteiger partial charge in [-0.25, -0.2) is 5.01 Å². The molecule has 0 bridgehead atoms. The fraction of sp³-hybridized carbons (Fsp3) is 0.176. The van der Waals surface area contributed by atoms with Gasteiger partial charge in [0.15, 0.2) is 0 Å². The molecule has 1 amide bonds. The van der Waals surface area contributed by atoms with Crippen molar-refractivity contribution in [1.82, 2.24) is 5.01 Å². The van der Waals surface area contributed by atoms with Crippen molar-refractivity contribution in [2.24, 2.45) is 5.10 Å². The van der Waals surface area contributed by atoms with E-state index in [1.807, 2.05) is 54.6 Å². The van der Waals surface area contributed by atoms with Gasteiger partial charge in [0.2, 0.25) is 5.91 Å². The van der Waals surface area contributed by atoms with Gasteiger partial charge in [-0.1, -0.05) is 54.1 Å². The molecule has 0 radical (unpaired) electrons. The number of nitrogens with zero attached hydrogens (tertiary/aromatic N) is 2. The van der Waals surface area contributed by atoms with Crippen LogP contribution < -0.4 is 0 Å².